The van der Waals surface area contributed by atoms with Crippen LogP contribution < -0.4 is 5.73 Å². The van der Waals surface area contributed by atoms with E-state index in [1.165, 1.54) is 17.9 Å². The summed E-state index contributed by atoms with van der Waals surface area (Å²) in [6.07, 6.45) is 5.73. The number of nitrogens with two attached hydrogens (primary N) is 1. The SMILES string of the molecule is NC1(C2CCOC3(CCSC3)C2)CCCOC1. The van der Waals surface area contributed by atoms with Crippen LogP contribution in [0.2, 0.25) is 0 Å². The van der Waals surface area contributed by atoms with Gasteiger partial charge in [0, 0.05) is 24.5 Å². The van der Waals surface area contributed by atoms with E-state index in [1.54, 1.807) is 0 Å². The van der Waals surface area contributed by atoms with Gasteiger partial charge in [0.15, 0.2) is 0 Å². The van der Waals surface area contributed by atoms with Crippen molar-refractivity contribution in [2.45, 2.75) is 43.2 Å². The fourth-order valence-electron chi connectivity index (χ4n) is 3.54. The van der Waals surface area contributed by atoms with E-state index in [0.29, 0.717) is 5.92 Å². The summed E-state index contributed by atoms with van der Waals surface area (Å²) in [5.41, 5.74) is 6.67. The van der Waals surface area contributed by atoms with Crippen molar-refractivity contribution in [1.29, 1.82) is 0 Å². The monoisotopic (exact) mass is 257 g/mol. The molecular formula is C13H23NO2S. The van der Waals surface area contributed by atoms with Gasteiger partial charge in [-0.3, -0.25) is 0 Å². The highest BCUT2D eigenvalue weighted by molar-refractivity contribution is 7.99. The first-order chi connectivity index (χ1) is 8.23. The molecule has 2 N–H and O–H groups in total. The molecule has 3 nitrogen and oxygen atoms in total. The Labute approximate surface area is 108 Å². The fourth-order valence-corrected chi connectivity index (χ4v) is 4.92. The maximum atomic E-state index is 6.60. The van der Waals surface area contributed by atoms with Crippen molar-refractivity contribution in [1.82, 2.24) is 0 Å². The van der Waals surface area contributed by atoms with Crippen LogP contribution in [0.4, 0.5) is 0 Å². The predicted molar refractivity (Wildman–Crippen MR) is 70.3 cm³/mol. The van der Waals surface area contributed by atoms with Gasteiger partial charge < -0.3 is 15.2 Å². The highest BCUT2D eigenvalue weighted by Crippen LogP contribution is 2.44. The Morgan fingerprint density at radius 2 is 2.18 bits per heavy atom. The van der Waals surface area contributed by atoms with Crippen LogP contribution in [0.1, 0.15) is 32.1 Å². The highest BCUT2D eigenvalue weighted by Gasteiger charge is 2.47. The lowest BCUT2D eigenvalue weighted by atomic mass is 9.71. The van der Waals surface area contributed by atoms with E-state index < -0.39 is 0 Å². The second-order valence-electron chi connectivity index (χ2n) is 5.91. The zero-order chi connectivity index (χ0) is 11.8. The molecule has 0 bridgehead atoms. The molecule has 3 saturated heterocycles. The van der Waals surface area contributed by atoms with Gasteiger partial charge in [-0.05, 0) is 43.8 Å². The Morgan fingerprint density at radius 3 is 2.88 bits per heavy atom. The number of rotatable bonds is 1. The molecule has 0 amide bonds. The Morgan fingerprint density at radius 1 is 1.24 bits per heavy atom. The molecule has 3 aliphatic rings. The molecule has 3 aliphatic heterocycles. The molecule has 3 fully saturated rings. The van der Waals surface area contributed by atoms with Crippen LogP contribution in [0.3, 0.4) is 0 Å². The van der Waals surface area contributed by atoms with Crippen LogP contribution in [-0.4, -0.2) is 42.5 Å². The van der Waals surface area contributed by atoms with E-state index in [-0.39, 0.29) is 11.1 Å². The second-order valence-corrected chi connectivity index (χ2v) is 7.02. The summed E-state index contributed by atoms with van der Waals surface area (Å²) < 4.78 is 11.7. The molecule has 0 aliphatic carbocycles. The van der Waals surface area contributed by atoms with Gasteiger partial charge in [-0.2, -0.15) is 11.8 Å². The molecular weight excluding hydrogens is 234 g/mol. The number of hydrogen-bond acceptors (Lipinski definition) is 4. The fraction of sp³-hybridized carbons (Fsp3) is 1.00. The van der Waals surface area contributed by atoms with Crippen LogP contribution >= 0.6 is 11.8 Å². The maximum Gasteiger partial charge on any atom is 0.0783 e. The van der Waals surface area contributed by atoms with E-state index >= 15 is 0 Å². The quantitative estimate of drug-likeness (QED) is 0.778. The zero-order valence-corrected chi connectivity index (χ0v) is 11.3. The lowest BCUT2D eigenvalue weighted by molar-refractivity contribution is -0.107. The van der Waals surface area contributed by atoms with Crippen molar-refractivity contribution in [3.8, 4) is 0 Å². The Hall–Kier alpha value is 0.230. The summed E-state index contributed by atoms with van der Waals surface area (Å²) in [5, 5.41) is 0. The van der Waals surface area contributed by atoms with Crippen molar-refractivity contribution in [2.24, 2.45) is 11.7 Å². The molecule has 0 radical (unpaired) electrons. The van der Waals surface area contributed by atoms with Crippen molar-refractivity contribution >= 4 is 11.8 Å². The Kier molecular flexibility index (Phi) is 3.41. The molecule has 17 heavy (non-hydrogen) atoms. The summed E-state index contributed by atoms with van der Waals surface area (Å²) in [6.45, 7) is 2.54. The zero-order valence-electron chi connectivity index (χ0n) is 10.5. The minimum absolute atomic E-state index is 0.0811. The van der Waals surface area contributed by atoms with Crippen molar-refractivity contribution in [2.75, 3.05) is 31.3 Å². The molecule has 0 aromatic heterocycles. The molecule has 3 unspecified atom stereocenters. The number of thioether (sulfide) groups is 1. The average Bonchev–Trinajstić information content (AvgIpc) is 2.78. The summed E-state index contributed by atoms with van der Waals surface area (Å²) in [7, 11) is 0. The van der Waals surface area contributed by atoms with E-state index in [2.05, 4.69) is 0 Å². The summed E-state index contributed by atoms with van der Waals surface area (Å²) in [4.78, 5) is 0. The van der Waals surface area contributed by atoms with E-state index in [1.807, 2.05) is 11.8 Å². The van der Waals surface area contributed by atoms with E-state index in [0.717, 1.165) is 45.5 Å². The number of hydrogen-bond donors (Lipinski definition) is 1. The third kappa shape index (κ3) is 2.37. The molecule has 0 aromatic rings. The van der Waals surface area contributed by atoms with E-state index in [4.69, 9.17) is 15.2 Å². The molecule has 98 valence electrons. The van der Waals surface area contributed by atoms with Crippen LogP contribution in [0, 0.1) is 5.92 Å². The van der Waals surface area contributed by atoms with Gasteiger partial charge in [-0.1, -0.05) is 0 Å². The van der Waals surface area contributed by atoms with Crippen molar-refractivity contribution in [3.05, 3.63) is 0 Å². The molecule has 4 heteroatoms. The highest BCUT2D eigenvalue weighted by atomic mass is 32.2. The molecule has 3 rings (SSSR count). The minimum atomic E-state index is -0.0811. The maximum absolute atomic E-state index is 6.60. The topological polar surface area (TPSA) is 44.5 Å². The van der Waals surface area contributed by atoms with Gasteiger partial charge in [-0.15, -0.1) is 0 Å². The lowest BCUT2D eigenvalue weighted by Crippen LogP contribution is -2.57. The Bertz CT molecular complexity index is 273. The van der Waals surface area contributed by atoms with E-state index in [9.17, 15) is 0 Å². The summed E-state index contributed by atoms with van der Waals surface area (Å²) in [6, 6.07) is 0. The van der Waals surface area contributed by atoms with Crippen molar-refractivity contribution in [3.63, 3.8) is 0 Å². The molecule has 0 saturated carbocycles. The smallest absolute Gasteiger partial charge is 0.0783 e. The lowest BCUT2D eigenvalue weighted by Gasteiger charge is -2.47. The summed E-state index contributed by atoms with van der Waals surface area (Å²) in [5.74, 6) is 3.01. The first kappa shape index (κ1) is 12.3. The van der Waals surface area contributed by atoms with Crippen LogP contribution in [0.25, 0.3) is 0 Å². The summed E-state index contributed by atoms with van der Waals surface area (Å²) >= 11 is 2.03. The molecule has 3 atom stereocenters. The minimum Gasteiger partial charge on any atom is -0.380 e. The van der Waals surface area contributed by atoms with Crippen LogP contribution in [-0.2, 0) is 9.47 Å². The molecule has 0 aromatic carbocycles. The first-order valence-corrected chi connectivity index (χ1v) is 7.96. The average molecular weight is 257 g/mol. The molecule has 3 heterocycles. The standard InChI is InChI=1S/C13H23NO2S/c14-13(3-1-5-15-9-13)11-2-6-16-12(8-11)4-7-17-10-12/h11H,1-10,14H2. The molecule has 1 spiro atoms. The first-order valence-electron chi connectivity index (χ1n) is 6.81. The van der Waals surface area contributed by atoms with Gasteiger partial charge in [-0.25, -0.2) is 0 Å². The Balaban J connectivity index is 1.70. The van der Waals surface area contributed by atoms with Crippen molar-refractivity contribution < 1.29 is 9.47 Å². The van der Waals surface area contributed by atoms with Gasteiger partial charge in [0.05, 0.1) is 12.2 Å². The third-order valence-corrected chi connectivity index (χ3v) is 5.90. The normalized spacial score (nSPS) is 47.5. The van der Waals surface area contributed by atoms with Crippen LogP contribution in [0.5, 0.6) is 0 Å². The predicted octanol–water partition coefficient (Wildman–Crippen LogP) is 1.80. The van der Waals surface area contributed by atoms with Gasteiger partial charge in [0.2, 0.25) is 0 Å². The largest absolute Gasteiger partial charge is 0.380 e. The van der Waals surface area contributed by atoms with Gasteiger partial charge in [0.25, 0.3) is 0 Å². The second kappa shape index (κ2) is 4.72. The number of ether oxygens (including phenoxy) is 2. The van der Waals surface area contributed by atoms with Gasteiger partial charge >= 0.3 is 0 Å². The third-order valence-electron chi connectivity index (χ3n) is 4.67. The van der Waals surface area contributed by atoms with Gasteiger partial charge in [0.1, 0.15) is 0 Å². The van der Waals surface area contributed by atoms with Crippen LogP contribution in [0.15, 0.2) is 0 Å².